The SMILES string of the molecule is O=C(O)c1ccc(-c2nc(NC(=O)C3(c4ccc5c(c4)OC(F)(F)O5)CC3)cc3ccccc23)cc1.[HH]. The van der Waals surface area contributed by atoms with Gasteiger partial charge in [0.25, 0.3) is 0 Å². The molecule has 9 heteroatoms. The quantitative estimate of drug-likeness (QED) is 0.365. The van der Waals surface area contributed by atoms with E-state index in [2.05, 4.69) is 19.8 Å². The maximum Gasteiger partial charge on any atom is 0.586 e. The molecule has 1 saturated carbocycles. The number of aromatic carboxylic acids is 1. The Hall–Kier alpha value is -4.53. The fourth-order valence-corrected chi connectivity index (χ4v) is 4.51. The number of ether oxygens (including phenoxy) is 2. The molecule has 0 atom stereocenters. The van der Waals surface area contributed by atoms with Crippen LogP contribution in [0.15, 0.2) is 72.8 Å². The van der Waals surface area contributed by atoms with Crippen LogP contribution < -0.4 is 14.8 Å². The molecule has 36 heavy (non-hydrogen) atoms. The van der Waals surface area contributed by atoms with E-state index >= 15 is 0 Å². The van der Waals surface area contributed by atoms with Gasteiger partial charge in [-0.1, -0.05) is 42.5 Å². The van der Waals surface area contributed by atoms with E-state index in [1.54, 1.807) is 24.3 Å². The van der Waals surface area contributed by atoms with Crippen LogP contribution in [0.5, 0.6) is 11.5 Å². The topological polar surface area (TPSA) is 97.8 Å². The number of nitrogens with one attached hydrogen (secondary N) is 1. The van der Waals surface area contributed by atoms with Crippen LogP contribution in [-0.2, 0) is 10.2 Å². The van der Waals surface area contributed by atoms with Crippen LogP contribution in [0.3, 0.4) is 0 Å². The van der Waals surface area contributed by atoms with E-state index in [1.165, 1.54) is 24.3 Å². The first-order valence-electron chi connectivity index (χ1n) is 11.2. The molecule has 1 aliphatic carbocycles. The summed E-state index contributed by atoms with van der Waals surface area (Å²) < 4.78 is 35.9. The fourth-order valence-electron chi connectivity index (χ4n) is 4.51. The zero-order chi connectivity index (χ0) is 25.1. The number of benzene rings is 3. The van der Waals surface area contributed by atoms with Crippen molar-refractivity contribution in [3.05, 3.63) is 83.9 Å². The number of hydrogen-bond acceptors (Lipinski definition) is 5. The van der Waals surface area contributed by atoms with E-state index in [1.807, 2.05) is 24.3 Å². The summed E-state index contributed by atoms with van der Waals surface area (Å²) in [6.45, 7) is 0. The van der Waals surface area contributed by atoms with E-state index in [0.29, 0.717) is 35.5 Å². The Morgan fingerprint density at radius 2 is 1.67 bits per heavy atom. The summed E-state index contributed by atoms with van der Waals surface area (Å²) in [6, 6.07) is 20.1. The van der Waals surface area contributed by atoms with Crippen LogP contribution in [0, 0.1) is 0 Å². The number of rotatable bonds is 5. The van der Waals surface area contributed by atoms with Gasteiger partial charge in [0.05, 0.1) is 16.7 Å². The first-order chi connectivity index (χ1) is 17.2. The summed E-state index contributed by atoms with van der Waals surface area (Å²) in [4.78, 5) is 29.3. The highest BCUT2D eigenvalue weighted by atomic mass is 19.3. The number of anilines is 1. The molecule has 1 aromatic heterocycles. The normalized spacial score (nSPS) is 16.5. The second kappa shape index (κ2) is 7.74. The number of carboxylic acid groups (broad SMARTS) is 1. The molecule has 2 aliphatic rings. The third-order valence-corrected chi connectivity index (χ3v) is 6.53. The lowest BCUT2D eigenvalue weighted by molar-refractivity contribution is -0.286. The summed E-state index contributed by atoms with van der Waals surface area (Å²) in [5, 5.41) is 13.8. The predicted octanol–water partition coefficient (Wildman–Crippen LogP) is 5.84. The van der Waals surface area contributed by atoms with Gasteiger partial charge in [-0.15, -0.1) is 8.78 Å². The molecule has 1 aliphatic heterocycles. The lowest BCUT2D eigenvalue weighted by Crippen LogP contribution is -2.28. The maximum absolute atomic E-state index is 13.4. The monoisotopic (exact) mass is 490 g/mol. The minimum Gasteiger partial charge on any atom is -0.478 e. The Morgan fingerprint density at radius 3 is 2.39 bits per heavy atom. The fraction of sp³-hybridized carbons (Fsp3) is 0.148. The number of nitrogens with zero attached hydrogens (tertiary/aromatic N) is 1. The van der Waals surface area contributed by atoms with Gasteiger partial charge in [-0.3, -0.25) is 4.79 Å². The number of carbonyl (C=O) groups excluding carboxylic acids is 1. The lowest BCUT2D eigenvalue weighted by Gasteiger charge is -2.17. The molecule has 0 radical (unpaired) electrons. The molecule has 2 N–H and O–H groups in total. The predicted molar refractivity (Wildman–Crippen MR) is 128 cm³/mol. The van der Waals surface area contributed by atoms with Crippen molar-refractivity contribution in [1.29, 1.82) is 0 Å². The van der Waals surface area contributed by atoms with Gasteiger partial charge in [-0.2, -0.15) is 0 Å². The van der Waals surface area contributed by atoms with Gasteiger partial charge in [0.2, 0.25) is 5.91 Å². The number of pyridine rings is 1. The number of hydrogen-bond donors (Lipinski definition) is 2. The standard InChI is InChI=1S/C27H18F2N2O5.H2/c28-27(29)35-20-10-9-18(14-21(20)36-27)26(11-12-26)25(34)31-22-13-17-3-1-2-4-19(17)23(30-22)15-5-7-16(8-6-15)24(32)33;/h1-10,13-14H,11-12H2,(H,32,33)(H,30,31,34);1H. The van der Waals surface area contributed by atoms with E-state index in [0.717, 1.165) is 10.8 Å². The van der Waals surface area contributed by atoms with Crippen molar-refractivity contribution in [2.75, 3.05) is 5.32 Å². The van der Waals surface area contributed by atoms with Crippen molar-refractivity contribution in [3.63, 3.8) is 0 Å². The smallest absolute Gasteiger partial charge is 0.478 e. The van der Waals surface area contributed by atoms with Gasteiger partial charge in [-0.05, 0) is 54.1 Å². The molecule has 0 saturated heterocycles. The largest absolute Gasteiger partial charge is 0.586 e. The molecular weight excluding hydrogens is 470 g/mol. The van der Waals surface area contributed by atoms with Crippen LogP contribution in [0.25, 0.3) is 22.0 Å². The number of amides is 1. The molecule has 2 heterocycles. The van der Waals surface area contributed by atoms with Crippen LogP contribution in [0.1, 0.15) is 30.2 Å². The first-order valence-corrected chi connectivity index (χ1v) is 11.2. The molecule has 3 aromatic carbocycles. The van der Waals surface area contributed by atoms with Gasteiger partial charge in [0.1, 0.15) is 5.82 Å². The van der Waals surface area contributed by atoms with Crippen molar-refractivity contribution >= 4 is 28.5 Å². The average Bonchev–Trinajstić information content (AvgIpc) is 3.60. The van der Waals surface area contributed by atoms with Crippen LogP contribution >= 0.6 is 0 Å². The lowest BCUT2D eigenvalue weighted by atomic mass is 9.94. The zero-order valence-corrected chi connectivity index (χ0v) is 18.6. The minimum absolute atomic E-state index is 0. The van der Waals surface area contributed by atoms with Gasteiger partial charge in [0.15, 0.2) is 11.5 Å². The zero-order valence-electron chi connectivity index (χ0n) is 18.6. The van der Waals surface area contributed by atoms with Crippen molar-refractivity contribution in [3.8, 4) is 22.8 Å². The summed E-state index contributed by atoms with van der Waals surface area (Å²) in [5.74, 6) is -1.18. The number of halogens is 2. The van der Waals surface area contributed by atoms with Crippen LogP contribution in [0.4, 0.5) is 14.6 Å². The molecule has 182 valence electrons. The van der Waals surface area contributed by atoms with Crippen molar-refractivity contribution in [2.45, 2.75) is 24.6 Å². The van der Waals surface area contributed by atoms with Crippen molar-refractivity contribution in [2.24, 2.45) is 0 Å². The van der Waals surface area contributed by atoms with E-state index in [4.69, 9.17) is 0 Å². The van der Waals surface area contributed by atoms with E-state index < -0.39 is 17.7 Å². The summed E-state index contributed by atoms with van der Waals surface area (Å²) in [6.07, 6.45) is -2.63. The third kappa shape index (κ3) is 3.69. The number of fused-ring (bicyclic) bond motifs is 2. The second-order valence-electron chi connectivity index (χ2n) is 8.82. The first kappa shape index (κ1) is 22.0. The molecule has 1 fully saturated rings. The highest BCUT2D eigenvalue weighted by molar-refractivity contribution is 6.03. The molecule has 6 rings (SSSR count). The van der Waals surface area contributed by atoms with E-state index in [9.17, 15) is 23.5 Å². The second-order valence-corrected chi connectivity index (χ2v) is 8.82. The molecule has 1 amide bonds. The molecule has 7 nitrogen and oxygen atoms in total. The number of carboxylic acids is 1. The summed E-state index contributed by atoms with van der Waals surface area (Å²) >= 11 is 0. The highest BCUT2D eigenvalue weighted by Gasteiger charge is 2.53. The molecular formula is C27H20F2N2O5. The van der Waals surface area contributed by atoms with Crippen molar-refractivity contribution in [1.82, 2.24) is 4.98 Å². The Morgan fingerprint density at radius 1 is 0.944 bits per heavy atom. The van der Waals surface area contributed by atoms with Crippen LogP contribution in [-0.4, -0.2) is 28.3 Å². The molecule has 0 unspecified atom stereocenters. The highest BCUT2D eigenvalue weighted by Crippen LogP contribution is 2.52. The minimum atomic E-state index is -3.73. The van der Waals surface area contributed by atoms with E-state index in [-0.39, 0.29) is 24.4 Å². The number of alkyl halides is 2. The Kier molecular flexibility index (Phi) is 4.72. The number of aromatic nitrogens is 1. The maximum atomic E-state index is 13.4. The molecule has 4 aromatic rings. The van der Waals surface area contributed by atoms with Gasteiger partial charge in [0, 0.05) is 12.4 Å². The molecule has 0 bridgehead atoms. The number of carbonyl (C=O) groups is 2. The Balaban J connectivity index is 0.00000280. The third-order valence-electron chi connectivity index (χ3n) is 6.53. The van der Waals surface area contributed by atoms with Gasteiger partial charge < -0.3 is 19.9 Å². The summed E-state index contributed by atoms with van der Waals surface area (Å²) in [7, 11) is 0. The van der Waals surface area contributed by atoms with Crippen molar-refractivity contribution < 1.29 is 34.4 Å². The van der Waals surface area contributed by atoms with Crippen LogP contribution in [0.2, 0.25) is 0 Å². The van der Waals surface area contributed by atoms with Gasteiger partial charge in [-0.25, -0.2) is 9.78 Å². The molecule has 0 spiro atoms. The average molecular weight is 490 g/mol. The Labute approximate surface area is 204 Å². The summed E-state index contributed by atoms with van der Waals surface area (Å²) in [5.41, 5.74) is 1.13. The van der Waals surface area contributed by atoms with Gasteiger partial charge >= 0.3 is 12.3 Å². The Bertz CT molecular complexity index is 1550.